The SMILES string of the molecule is C/C(=N/O[C@@H](C)C(=O)Nc1cccc(C(F)(F)F)c1)c1ccccc1. The zero-order valence-corrected chi connectivity index (χ0v) is 13.7. The number of hydrogen-bond acceptors (Lipinski definition) is 3. The van der Waals surface area contributed by atoms with Crippen molar-refractivity contribution in [3.8, 4) is 0 Å². The molecule has 0 aromatic heterocycles. The van der Waals surface area contributed by atoms with Crippen molar-refractivity contribution in [2.45, 2.75) is 26.1 Å². The summed E-state index contributed by atoms with van der Waals surface area (Å²) in [6, 6.07) is 13.6. The Morgan fingerprint density at radius 3 is 2.44 bits per heavy atom. The van der Waals surface area contributed by atoms with Gasteiger partial charge in [0.25, 0.3) is 5.91 Å². The van der Waals surface area contributed by atoms with Crippen LogP contribution in [-0.2, 0) is 15.8 Å². The Morgan fingerprint density at radius 1 is 1.12 bits per heavy atom. The lowest BCUT2D eigenvalue weighted by molar-refractivity contribution is -0.137. The average Bonchev–Trinajstić information content (AvgIpc) is 2.59. The number of carbonyl (C=O) groups excluding carboxylic acids is 1. The summed E-state index contributed by atoms with van der Waals surface area (Å²) in [5.74, 6) is -0.594. The van der Waals surface area contributed by atoms with Gasteiger partial charge in [-0.2, -0.15) is 13.2 Å². The molecule has 0 aliphatic heterocycles. The third-order valence-electron chi connectivity index (χ3n) is 3.37. The molecule has 25 heavy (non-hydrogen) atoms. The van der Waals surface area contributed by atoms with Crippen molar-refractivity contribution in [2.75, 3.05) is 5.32 Å². The Hall–Kier alpha value is -2.83. The smallest absolute Gasteiger partial charge is 0.382 e. The molecule has 7 heteroatoms. The van der Waals surface area contributed by atoms with Crippen molar-refractivity contribution < 1.29 is 22.8 Å². The summed E-state index contributed by atoms with van der Waals surface area (Å²) in [4.78, 5) is 17.2. The van der Waals surface area contributed by atoms with E-state index in [0.717, 1.165) is 17.7 Å². The predicted molar refractivity (Wildman–Crippen MR) is 89.3 cm³/mol. The Balaban J connectivity index is 1.99. The molecule has 1 amide bonds. The third kappa shape index (κ3) is 5.34. The number of anilines is 1. The van der Waals surface area contributed by atoms with Crippen molar-refractivity contribution in [1.29, 1.82) is 0 Å². The first-order chi connectivity index (χ1) is 11.8. The summed E-state index contributed by atoms with van der Waals surface area (Å²) in [6.45, 7) is 3.19. The van der Waals surface area contributed by atoms with Gasteiger partial charge in [0.1, 0.15) is 0 Å². The van der Waals surface area contributed by atoms with Crippen molar-refractivity contribution in [2.24, 2.45) is 5.16 Å². The molecule has 0 bridgehead atoms. The first kappa shape index (κ1) is 18.5. The molecule has 0 aliphatic rings. The van der Waals surface area contributed by atoms with Gasteiger partial charge in [-0.3, -0.25) is 4.79 Å². The van der Waals surface area contributed by atoms with Gasteiger partial charge in [-0.1, -0.05) is 41.6 Å². The minimum Gasteiger partial charge on any atom is -0.382 e. The Morgan fingerprint density at radius 2 is 1.80 bits per heavy atom. The van der Waals surface area contributed by atoms with Gasteiger partial charge < -0.3 is 10.2 Å². The highest BCUT2D eigenvalue weighted by Gasteiger charge is 2.30. The van der Waals surface area contributed by atoms with Crippen molar-refractivity contribution in [3.05, 3.63) is 65.7 Å². The topological polar surface area (TPSA) is 50.7 Å². The van der Waals surface area contributed by atoms with Crippen LogP contribution in [0.5, 0.6) is 0 Å². The van der Waals surface area contributed by atoms with E-state index in [4.69, 9.17) is 4.84 Å². The van der Waals surface area contributed by atoms with E-state index in [1.807, 2.05) is 30.3 Å². The van der Waals surface area contributed by atoms with Crippen LogP contribution >= 0.6 is 0 Å². The number of carbonyl (C=O) groups is 1. The summed E-state index contributed by atoms with van der Waals surface area (Å²) >= 11 is 0. The van der Waals surface area contributed by atoms with Gasteiger partial charge in [0, 0.05) is 5.69 Å². The van der Waals surface area contributed by atoms with Gasteiger partial charge in [0.15, 0.2) is 0 Å². The van der Waals surface area contributed by atoms with Crippen LogP contribution in [0.1, 0.15) is 25.0 Å². The van der Waals surface area contributed by atoms with E-state index >= 15 is 0 Å². The second-order valence-corrected chi connectivity index (χ2v) is 5.36. The summed E-state index contributed by atoms with van der Waals surface area (Å²) in [7, 11) is 0. The van der Waals surface area contributed by atoms with E-state index in [2.05, 4.69) is 10.5 Å². The molecule has 4 nitrogen and oxygen atoms in total. The molecule has 0 aliphatic carbocycles. The minimum atomic E-state index is -4.47. The van der Waals surface area contributed by atoms with Crippen LogP contribution in [0.15, 0.2) is 59.8 Å². The fourth-order valence-electron chi connectivity index (χ4n) is 1.96. The molecule has 1 N–H and O–H groups in total. The molecule has 2 aromatic rings. The van der Waals surface area contributed by atoms with Gasteiger partial charge >= 0.3 is 6.18 Å². The molecule has 0 radical (unpaired) electrons. The number of amides is 1. The maximum Gasteiger partial charge on any atom is 0.416 e. The van der Waals surface area contributed by atoms with E-state index in [9.17, 15) is 18.0 Å². The van der Waals surface area contributed by atoms with Gasteiger partial charge in [-0.05, 0) is 37.6 Å². The predicted octanol–water partition coefficient (Wildman–Crippen LogP) is 4.47. The molecule has 132 valence electrons. The number of nitrogens with one attached hydrogen (secondary N) is 1. The van der Waals surface area contributed by atoms with Gasteiger partial charge in [0.2, 0.25) is 6.10 Å². The summed E-state index contributed by atoms with van der Waals surface area (Å²) in [5.41, 5.74) is 0.628. The number of hydrogen-bond donors (Lipinski definition) is 1. The highest BCUT2D eigenvalue weighted by molar-refractivity contribution is 5.98. The average molecular weight is 350 g/mol. The highest BCUT2D eigenvalue weighted by atomic mass is 19.4. The standard InChI is InChI=1S/C18H17F3N2O2/c1-12(14-7-4-3-5-8-14)23-25-13(2)17(24)22-16-10-6-9-15(11-16)18(19,20)21/h3-11,13H,1-2H3,(H,22,24)/b23-12-/t13-/m0/s1. The van der Waals surface area contributed by atoms with Crippen molar-refractivity contribution in [1.82, 2.24) is 0 Å². The van der Waals surface area contributed by atoms with Crippen LogP contribution in [0.4, 0.5) is 18.9 Å². The van der Waals surface area contributed by atoms with Gasteiger partial charge in [-0.15, -0.1) is 0 Å². The fraction of sp³-hybridized carbons (Fsp3) is 0.222. The number of benzene rings is 2. The lowest BCUT2D eigenvalue weighted by Crippen LogP contribution is -2.26. The molecular formula is C18H17F3N2O2. The number of nitrogens with zero attached hydrogens (tertiary/aromatic N) is 1. The maximum atomic E-state index is 12.7. The normalized spacial score (nSPS) is 13.2. The van der Waals surface area contributed by atoms with Gasteiger partial charge in [-0.25, -0.2) is 0 Å². The van der Waals surface area contributed by atoms with E-state index < -0.39 is 23.8 Å². The van der Waals surface area contributed by atoms with Crippen LogP contribution in [-0.4, -0.2) is 17.7 Å². The molecule has 2 aromatic carbocycles. The second kappa shape index (κ2) is 7.83. The first-order valence-electron chi connectivity index (χ1n) is 7.51. The van der Waals surface area contributed by atoms with E-state index in [1.165, 1.54) is 19.1 Å². The number of alkyl halides is 3. The zero-order chi connectivity index (χ0) is 18.4. The molecule has 1 atom stereocenters. The molecule has 0 unspecified atom stereocenters. The number of oxime groups is 1. The summed E-state index contributed by atoms with van der Waals surface area (Å²) in [6.07, 6.45) is -5.44. The monoisotopic (exact) mass is 350 g/mol. The van der Waals surface area contributed by atoms with Crippen LogP contribution in [0.3, 0.4) is 0 Å². The summed E-state index contributed by atoms with van der Waals surface area (Å²) < 4.78 is 38.0. The molecule has 0 saturated carbocycles. The number of halogens is 3. The largest absolute Gasteiger partial charge is 0.416 e. The Bertz CT molecular complexity index is 758. The number of rotatable bonds is 5. The first-order valence-corrected chi connectivity index (χ1v) is 7.51. The van der Waals surface area contributed by atoms with E-state index in [0.29, 0.717) is 5.71 Å². The van der Waals surface area contributed by atoms with Crippen molar-refractivity contribution >= 4 is 17.3 Å². The van der Waals surface area contributed by atoms with Crippen LogP contribution in [0.25, 0.3) is 0 Å². The molecule has 0 saturated heterocycles. The van der Waals surface area contributed by atoms with Crippen LogP contribution in [0, 0.1) is 0 Å². The molecule has 0 spiro atoms. The Kier molecular flexibility index (Phi) is 5.80. The molecule has 2 rings (SSSR count). The third-order valence-corrected chi connectivity index (χ3v) is 3.37. The molecule has 0 heterocycles. The van der Waals surface area contributed by atoms with E-state index in [-0.39, 0.29) is 5.69 Å². The lowest BCUT2D eigenvalue weighted by Gasteiger charge is -2.13. The fourth-order valence-corrected chi connectivity index (χ4v) is 1.96. The zero-order valence-electron chi connectivity index (χ0n) is 13.7. The second-order valence-electron chi connectivity index (χ2n) is 5.36. The van der Waals surface area contributed by atoms with E-state index in [1.54, 1.807) is 6.92 Å². The Labute approximate surface area is 143 Å². The quantitative estimate of drug-likeness (QED) is 0.639. The van der Waals surface area contributed by atoms with Crippen LogP contribution in [0.2, 0.25) is 0 Å². The lowest BCUT2D eigenvalue weighted by atomic mass is 10.1. The summed E-state index contributed by atoms with van der Waals surface area (Å²) in [5, 5.41) is 6.27. The van der Waals surface area contributed by atoms with Gasteiger partial charge in [0.05, 0.1) is 11.3 Å². The highest BCUT2D eigenvalue weighted by Crippen LogP contribution is 2.30. The molecular weight excluding hydrogens is 333 g/mol. The maximum absolute atomic E-state index is 12.7. The minimum absolute atomic E-state index is 0.0408. The van der Waals surface area contributed by atoms with Crippen LogP contribution < -0.4 is 5.32 Å². The molecule has 0 fully saturated rings. The van der Waals surface area contributed by atoms with Crippen molar-refractivity contribution in [3.63, 3.8) is 0 Å².